The van der Waals surface area contributed by atoms with Crippen molar-refractivity contribution in [3.05, 3.63) is 0 Å². The summed E-state index contributed by atoms with van der Waals surface area (Å²) in [5.74, 6) is 0.962. The summed E-state index contributed by atoms with van der Waals surface area (Å²) < 4.78 is 0. The van der Waals surface area contributed by atoms with Gasteiger partial charge in [-0.25, -0.2) is 0 Å². The van der Waals surface area contributed by atoms with Crippen LogP contribution in [0.2, 0.25) is 0 Å². The van der Waals surface area contributed by atoms with Gasteiger partial charge in [0.25, 0.3) is 0 Å². The highest BCUT2D eigenvalue weighted by Crippen LogP contribution is 2.07. The highest BCUT2D eigenvalue weighted by atomic mass is 32.2. The Morgan fingerprint density at radius 2 is 1.68 bits per heavy atom. The van der Waals surface area contributed by atoms with E-state index in [2.05, 4.69) is 12.2 Å². The molecule has 0 bridgehead atoms. The van der Waals surface area contributed by atoms with Crippen LogP contribution in [-0.2, 0) is 4.79 Å². The lowest BCUT2D eigenvalue weighted by atomic mass is 10.1. The first kappa shape index (κ1) is 18.8. The average Bonchev–Trinajstić information content (AvgIpc) is 2.42. The van der Waals surface area contributed by atoms with Gasteiger partial charge in [0.05, 0.1) is 6.04 Å². The number of carbonyl (C=O) groups excluding carboxylic acids is 1. The molecule has 0 saturated carbocycles. The SMILES string of the molecule is CCCCCCCCCCNC(=O)[C@@H](N)CCSC. The molecule has 0 aromatic rings. The summed E-state index contributed by atoms with van der Waals surface area (Å²) in [5, 5.41) is 2.93. The van der Waals surface area contributed by atoms with Crippen LogP contribution in [-0.4, -0.2) is 30.5 Å². The number of carbonyl (C=O) groups is 1. The number of thioether (sulfide) groups is 1. The fourth-order valence-corrected chi connectivity index (χ4v) is 2.47. The van der Waals surface area contributed by atoms with E-state index >= 15 is 0 Å². The fraction of sp³-hybridized carbons (Fsp3) is 0.933. The highest BCUT2D eigenvalue weighted by molar-refractivity contribution is 7.98. The van der Waals surface area contributed by atoms with Crippen molar-refractivity contribution >= 4 is 17.7 Å². The Morgan fingerprint density at radius 1 is 1.11 bits per heavy atom. The molecule has 3 N–H and O–H groups in total. The van der Waals surface area contributed by atoms with Gasteiger partial charge in [0.2, 0.25) is 5.91 Å². The first-order valence-electron chi connectivity index (χ1n) is 7.74. The predicted octanol–water partition coefficient (Wildman–Crippen LogP) is 3.32. The van der Waals surface area contributed by atoms with Crippen LogP contribution >= 0.6 is 11.8 Å². The van der Waals surface area contributed by atoms with E-state index in [4.69, 9.17) is 5.73 Å². The van der Waals surface area contributed by atoms with Gasteiger partial charge in [0.15, 0.2) is 0 Å². The third kappa shape index (κ3) is 12.6. The largest absolute Gasteiger partial charge is 0.355 e. The Labute approximate surface area is 123 Å². The Balaban J connectivity index is 3.27. The zero-order chi connectivity index (χ0) is 14.3. The number of nitrogens with one attached hydrogen (secondary N) is 1. The monoisotopic (exact) mass is 288 g/mol. The van der Waals surface area contributed by atoms with Crippen molar-refractivity contribution < 1.29 is 4.79 Å². The van der Waals surface area contributed by atoms with Crippen LogP contribution < -0.4 is 11.1 Å². The maximum absolute atomic E-state index is 11.6. The van der Waals surface area contributed by atoms with E-state index in [-0.39, 0.29) is 11.9 Å². The average molecular weight is 289 g/mol. The van der Waals surface area contributed by atoms with Crippen LogP contribution in [0.3, 0.4) is 0 Å². The van der Waals surface area contributed by atoms with Crippen molar-refractivity contribution in [1.82, 2.24) is 5.32 Å². The van der Waals surface area contributed by atoms with Gasteiger partial charge in [-0.2, -0.15) is 11.8 Å². The number of hydrogen-bond acceptors (Lipinski definition) is 3. The molecule has 0 saturated heterocycles. The zero-order valence-electron chi connectivity index (χ0n) is 12.7. The first-order valence-corrected chi connectivity index (χ1v) is 9.14. The molecule has 0 aliphatic carbocycles. The topological polar surface area (TPSA) is 55.1 Å². The van der Waals surface area contributed by atoms with Crippen molar-refractivity contribution in [2.24, 2.45) is 5.73 Å². The molecule has 0 aromatic heterocycles. The minimum atomic E-state index is -0.332. The van der Waals surface area contributed by atoms with Crippen molar-refractivity contribution in [3.63, 3.8) is 0 Å². The standard InChI is InChI=1S/C15H32N2OS/c1-3-4-5-6-7-8-9-10-12-17-15(18)14(16)11-13-19-2/h14H,3-13,16H2,1-2H3,(H,17,18)/t14-/m0/s1. The minimum Gasteiger partial charge on any atom is -0.355 e. The molecular formula is C15H32N2OS. The van der Waals surface area contributed by atoms with E-state index in [9.17, 15) is 4.79 Å². The van der Waals surface area contributed by atoms with Gasteiger partial charge in [-0.15, -0.1) is 0 Å². The molecule has 0 aromatic carbocycles. The summed E-state index contributed by atoms with van der Waals surface area (Å²) in [4.78, 5) is 11.6. The van der Waals surface area contributed by atoms with Crippen LogP contribution in [0.4, 0.5) is 0 Å². The number of unbranched alkanes of at least 4 members (excludes halogenated alkanes) is 7. The van der Waals surface area contributed by atoms with E-state index in [1.54, 1.807) is 11.8 Å². The molecule has 0 heterocycles. The summed E-state index contributed by atoms with van der Waals surface area (Å²) in [6.45, 7) is 3.02. The second-order valence-electron chi connectivity index (χ2n) is 5.15. The number of amides is 1. The quantitative estimate of drug-likeness (QED) is 0.511. The van der Waals surface area contributed by atoms with Crippen LogP contribution in [0.25, 0.3) is 0 Å². The molecule has 0 unspecified atom stereocenters. The zero-order valence-corrected chi connectivity index (χ0v) is 13.6. The molecule has 0 rings (SSSR count). The molecule has 1 atom stereocenters. The molecule has 0 radical (unpaired) electrons. The van der Waals surface area contributed by atoms with Gasteiger partial charge >= 0.3 is 0 Å². The van der Waals surface area contributed by atoms with Crippen molar-refractivity contribution in [2.75, 3.05) is 18.6 Å². The van der Waals surface area contributed by atoms with Crippen molar-refractivity contribution in [1.29, 1.82) is 0 Å². The Morgan fingerprint density at radius 3 is 2.26 bits per heavy atom. The maximum Gasteiger partial charge on any atom is 0.236 e. The van der Waals surface area contributed by atoms with Gasteiger partial charge in [-0.3, -0.25) is 4.79 Å². The van der Waals surface area contributed by atoms with Gasteiger partial charge in [0, 0.05) is 6.54 Å². The van der Waals surface area contributed by atoms with E-state index in [1.807, 2.05) is 6.26 Å². The normalized spacial score (nSPS) is 12.4. The minimum absolute atomic E-state index is 0.0111. The van der Waals surface area contributed by atoms with Crippen LogP contribution in [0.5, 0.6) is 0 Å². The van der Waals surface area contributed by atoms with E-state index in [1.165, 1.54) is 44.9 Å². The lowest BCUT2D eigenvalue weighted by Crippen LogP contribution is -2.41. The second-order valence-corrected chi connectivity index (χ2v) is 6.14. The molecule has 114 valence electrons. The summed E-state index contributed by atoms with van der Waals surface area (Å²) >= 11 is 1.73. The summed E-state index contributed by atoms with van der Waals surface area (Å²) in [6, 6.07) is -0.332. The van der Waals surface area contributed by atoms with Crippen molar-refractivity contribution in [2.45, 2.75) is 70.8 Å². The van der Waals surface area contributed by atoms with E-state index < -0.39 is 0 Å². The number of nitrogens with two attached hydrogens (primary N) is 1. The molecular weight excluding hydrogens is 256 g/mol. The molecule has 0 spiro atoms. The number of hydrogen-bond donors (Lipinski definition) is 2. The lowest BCUT2D eigenvalue weighted by Gasteiger charge is -2.11. The predicted molar refractivity (Wildman–Crippen MR) is 86.6 cm³/mol. The van der Waals surface area contributed by atoms with Gasteiger partial charge in [-0.1, -0.05) is 51.9 Å². The first-order chi connectivity index (χ1) is 9.22. The Hall–Kier alpha value is -0.220. The van der Waals surface area contributed by atoms with Gasteiger partial charge in [-0.05, 0) is 24.9 Å². The number of rotatable bonds is 13. The van der Waals surface area contributed by atoms with Crippen LogP contribution in [0.15, 0.2) is 0 Å². The third-order valence-corrected chi connectivity index (χ3v) is 3.94. The summed E-state index contributed by atoms with van der Waals surface area (Å²) in [5.41, 5.74) is 5.79. The Bertz CT molecular complexity index is 212. The van der Waals surface area contributed by atoms with Crippen LogP contribution in [0, 0.1) is 0 Å². The van der Waals surface area contributed by atoms with Crippen molar-refractivity contribution in [3.8, 4) is 0 Å². The summed E-state index contributed by atoms with van der Waals surface area (Å²) in [7, 11) is 0. The molecule has 0 fully saturated rings. The molecule has 0 aliphatic heterocycles. The summed E-state index contributed by atoms with van der Waals surface area (Å²) in [6.07, 6.45) is 13.1. The third-order valence-electron chi connectivity index (χ3n) is 3.30. The van der Waals surface area contributed by atoms with E-state index in [0.717, 1.165) is 25.1 Å². The molecule has 0 aliphatic rings. The van der Waals surface area contributed by atoms with Gasteiger partial charge in [0.1, 0.15) is 0 Å². The molecule has 19 heavy (non-hydrogen) atoms. The smallest absolute Gasteiger partial charge is 0.236 e. The highest BCUT2D eigenvalue weighted by Gasteiger charge is 2.11. The van der Waals surface area contributed by atoms with E-state index in [0.29, 0.717) is 0 Å². The fourth-order valence-electron chi connectivity index (χ4n) is 1.98. The molecule has 1 amide bonds. The Kier molecular flexibility index (Phi) is 14.0. The molecule has 4 heteroatoms. The second kappa shape index (κ2) is 14.2. The van der Waals surface area contributed by atoms with Gasteiger partial charge < -0.3 is 11.1 Å². The molecule has 3 nitrogen and oxygen atoms in total. The van der Waals surface area contributed by atoms with Crippen LogP contribution in [0.1, 0.15) is 64.7 Å². The maximum atomic E-state index is 11.6. The lowest BCUT2D eigenvalue weighted by molar-refractivity contribution is -0.122.